The van der Waals surface area contributed by atoms with Gasteiger partial charge in [-0.1, -0.05) is 0 Å². The molecule has 140 valence electrons. The second-order valence-corrected chi connectivity index (χ2v) is 6.85. The lowest BCUT2D eigenvalue weighted by atomic mass is 10.1. The van der Waals surface area contributed by atoms with Crippen LogP contribution in [0.1, 0.15) is 30.6 Å². The highest BCUT2D eigenvalue weighted by Crippen LogP contribution is 2.17. The first-order chi connectivity index (χ1) is 12.4. The molecule has 1 aliphatic heterocycles. The average molecular weight is 360 g/mol. The maximum Gasteiger partial charge on any atom is 0.419 e. The molecule has 0 aliphatic carbocycles. The predicted octanol–water partition coefficient (Wildman–Crippen LogP) is 1.40. The van der Waals surface area contributed by atoms with Gasteiger partial charge in [0.25, 0.3) is 5.91 Å². The number of nitrogens with one attached hydrogen (secondary N) is 1. The summed E-state index contributed by atoms with van der Waals surface area (Å²) < 4.78 is 6.57. The van der Waals surface area contributed by atoms with Crippen LogP contribution in [0.4, 0.5) is 4.79 Å². The maximum atomic E-state index is 12.8. The van der Waals surface area contributed by atoms with E-state index < -0.39 is 5.76 Å². The van der Waals surface area contributed by atoms with Crippen LogP contribution < -0.4 is 11.1 Å². The zero-order chi connectivity index (χ0) is 18.8. The van der Waals surface area contributed by atoms with Gasteiger partial charge in [0.2, 0.25) is 0 Å². The van der Waals surface area contributed by atoms with E-state index in [4.69, 9.17) is 4.42 Å². The Bertz CT molecular complexity index is 883. The summed E-state index contributed by atoms with van der Waals surface area (Å²) in [5, 5.41) is 2.88. The summed E-state index contributed by atoms with van der Waals surface area (Å²) in [4.78, 5) is 40.1. The molecule has 1 N–H and O–H groups in total. The van der Waals surface area contributed by atoms with Crippen molar-refractivity contribution in [1.29, 1.82) is 0 Å². The van der Waals surface area contributed by atoms with E-state index >= 15 is 0 Å². The maximum absolute atomic E-state index is 12.8. The number of benzene rings is 1. The van der Waals surface area contributed by atoms with Crippen molar-refractivity contribution in [2.75, 3.05) is 26.2 Å². The zero-order valence-electron chi connectivity index (χ0n) is 15.3. The number of carbonyl (C=O) groups excluding carboxylic acids is 2. The van der Waals surface area contributed by atoms with Crippen LogP contribution in [0.25, 0.3) is 11.1 Å². The van der Waals surface area contributed by atoms with Crippen LogP contribution in [0.2, 0.25) is 0 Å². The lowest BCUT2D eigenvalue weighted by molar-refractivity contribution is 0.0762. The molecular formula is C18H24N4O4. The van der Waals surface area contributed by atoms with Crippen molar-refractivity contribution in [2.24, 2.45) is 7.05 Å². The summed E-state index contributed by atoms with van der Waals surface area (Å²) in [6, 6.07) is 5.01. The molecule has 3 amide bonds. The van der Waals surface area contributed by atoms with Crippen LogP contribution in [-0.2, 0) is 7.05 Å². The third-order valence-electron chi connectivity index (χ3n) is 4.52. The van der Waals surface area contributed by atoms with Crippen molar-refractivity contribution >= 4 is 23.0 Å². The van der Waals surface area contributed by atoms with E-state index in [1.807, 2.05) is 13.8 Å². The Morgan fingerprint density at radius 3 is 2.54 bits per heavy atom. The molecule has 8 heteroatoms. The topological polar surface area (TPSA) is 87.8 Å². The Labute approximate surface area is 151 Å². The number of hydrogen-bond acceptors (Lipinski definition) is 4. The second-order valence-electron chi connectivity index (χ2n) is 6.85. The number of aryl methyl sites for hydroxylation is 1. The SMILES string of the molecule is CC(C)NC(=O)N1CCCN(C(=O)c2ccc3c(c2)oc(=O)n3C)CC1. The van der Waals surface area contributed by atoms with Crippen LogP contribution in [0.15, 0.2) is 27.4 Å². The highest BCUT2D eigenvalue weighted by molar-refractivity contribution is 5.97. The van der Waals surface area contributed by atoms with Crippen molar-refractivity contribution in [2.45, 2.75) is 26.3 Å². The van der Waals surface area contributed by atoms with Crippen LogP contribution >= 0.6 is 0 Å². The molecule has 26 heavy (non-hydrogen) atoms. The summed E-state index contributed by atoms with van der Waals surface area (Å²) in [7, 11) is 1.63. The van der Waals surface area contributed by atoms with E-state index in [9.17, 15) is 14.4 Å². The first kappa shape index (κ1) is 18.0. The van der Waals surface area contributed by atoms with Crippen molar-refractivity contribution < 1.29 is 14.0 Å². The fraction of sp³-hybridized carbons (Fsp3) is 0.500. The van der Waals surface area contributed by atoms with E-state index in [0.717, 1.165) is 6.42 Å². The Balaban J connectivity index is 1.72. The number of hydrogen-bond donors (Lipinski definition) is 1. The van der Waals surface area contributed by atoms with Gasteiger partial charge in [0.1, 0.15) is 0 Å². The van der Waals surface area contributed by atoms with Crippen molar-refractivity contribution in [1.82, 2.24) is 19.7 Å². The predicted molar refractivity (Wildman–Crippen MR) is 97.2 cm³/mol. The monoisotopic (exact) mass is 360 g/mol. The van der Waals surface area contributed by atoms with Gasteiger partial charge in [0.05, 0.1) is 5.52 Å². The molecule has 0 atom stereocenters. The van der Waals surface area contributed by atoms with E-state index in [0.29, 0.717) is 42.8 Å². The number of aromatic nitrogens is 1. The number of fused-ring (bicyclic) bond motifs is 1. The summed E-state index contributed by atoms with van der Waals surface area (Å²) >= 11 is 0. The minimum atomic E-state index is -0.453. The Hall–Kier alpha value is -2.77. The summed E-state index contributed by atoms with van der Waals surface area (Å²) in [6.07, 6.45) is 0.722. The molecule has 1 aromatic heterocycles. The minimum Gasteiger partial charge on any atom is -0.408 e. The van der Waals surface area contributed by atoms with E-state index in [1.165, 1.54) is 4.57 Å². The lowest BCUT2D eigenvalue weighted by Gasteiger charge is -2.23. The zero-order valence-corrected chi connectivity index (χ0v) is 15.3. The number of rotatable bonds is 2. The first-order valence-electron chi connectivity index (χ1n) is 8.81. The van der Waals surface area contributed by atoms with E-state index in [2.05, 4.69) is 5.32 Å². The molecule has 2 heterocycles. The van der Waals surface area contributed by atoms with Crippen LogP contribution in [0.3, 0.4) is 0 Å². The van der Waals surface area contributed by atoms with Gasteiger partial charge in [-0.25, -0.2) is 9.59 Å². The summed E-state index contributed by atoms with van der Waals surface area (Å²) in [5.74, 6) is -0.573. The van der Waals surface area contributed by atoms with Crippen LogP contribution in [0, 0.1) is 0 Å². The fourth-order valence-electron chi connectivity index (χ4n) is 3.11. The van der Waals surface area contributed by atoms with Gasteiger partial charge in [-0.15, -0.1) is 0 Å². The second kappa shape index (κ2) is 7.23. The molecule has 1 aliphatic rings. The van der Waals surface area contributed by atoms with Gasteiger partial charge in [-0.2, -0.15) is 0 Å². The van der Waals surface area contributed by atoms with Gasteiger partial charge in [0.15, 0.2) is 5.58 Å². The number of oxazole rings is 1. The molecule has 0 bridgehead atoms. The third kappa shape index (κ3) is 3.58. The number of nitrogens with zero attached hydrogens (tertiary/aromatic N) is 3. The standard InChI is InChI=1S/C18H24N4O4/c1-12(2)19-17(24)22-8-4-7-21(9-10-22)16(23)13-5-6-14-15(11-13)26-18(25)20(14)3/h5-6,11-12H,4,7-10H2,1-3H3,(H,19,24). The van der Waals surface area contributed by atoms with Crippen molar-refractivity contribution in [3.05, 3.63) is 34.3 Å². The Morgan fingerprint density at radius 2 is 1.81 bits per heavy atom. The smallest absolute Gasteiger partial charge is 0.408 e. The molecule has 1 aromatic carbocycles. The molecule has 3 rings (SSSR count). The molecule has 1 saturated heterocycles. The largest absolute Gasteiger partial charge is 0.419 e. The van der Waals surface area contributed by atoms with Gasteiger partial charge in [-0.05, 0) is 38.5 Å². The van der Waals surface area contributed by atoms with Crippen LogP contribution in [-0.4, -0.2) is 58.5 Å². The average Bonchev–Trinajstić information content (AvgIpc) is 2.78. The number of carbonyl (C=O) groups is 2. The minimum absolute atomic E-state index is 0.0794. The number of amides is 3. The molecule has 0 unspecified atom stereocenters. The molecule has 8 nitrogen and oxygen atoms in total. The van der Waals surface area contributed by atoms with Crippen molar-refractivity contribution in [3.8, 4) is 0 Å². The quantitative estimate of drug-likeness (QED) is 0.877. The van der Waals surface area contributed by atoms with Gasteiger partial charge < -0.3 is 19.5 Å². The highest BCUT2D eigenvalue weighted by Gasteiger charge is 2.23. The number of urea groups is 1. The Morgan fingerprint density at radius 1 is 1.12 bits per heavy atom. The first-order valence-corrected chi connectivity index (χ1v) is 8.81. The summed E-state index contributed by atoms with van der Waals surface area (Å²) in [6.45, 7) is 6.01. The normalized spacial score (nSPS) is 15.4. The molecule has 0 saturated carbocycles. The van der Waals surface area contributed by atoms with Gasteiger partial charge in [-0.3, -0.25) is 9.36 Å². The summed E-state index contributed by atoms with van der Waals surface area (Å²) in [5.41, 5.74) is 1.53. The fourth-order valence-corrected chi connectivity index (χ4v) is 3.11. The van der Waals surface area contributed by atoms with Crippen LogP contribution in [0.5, 0.6) is 0 Å². The lowest BCUT2D eigenvalue weighted by Crippen LogP contribution is -2.44. The molecule has 1 fully saturated rings. The van der Waals surface area contributed by atoms with Gasteiger partial charge >= 0.3 is 11.8 Å². The van der Waals surface area contributed by atoms with Crippen molar-refractivity contribution in [3.63, 3.8) is 0 Å². The molecule has 0 radical (unpaired) electrons. The molecule has 0 spiro atoms. The Kier molecular flexibility index (Phi) is 5.01. The third-order valence-corrected chi connectivity index (χ3v) is 4.52. The highest BCUT2D eigenvalue weighted by atomic mass is 16.4. The van der Waals surface area contributed by atoms with E-state index in [-0.39, 0.29) is 18.0 Å². The van der Waals surface area contributed by atoms with Gasteiger partial charge in [0, 0.05) is 44.8 Å². The molecular weight excluding hydrogens is 336 g/mol. The molecule has 2 aromatic rings. The van der Waals surface area contributed by atoms with E-state index in [1.54, 1.807) is 35.0 Å².